The van der Waals surface area contributed by atoms with Gasteiger partial charge in [-0.05, 0) is 44.0 Å². The van der Waals surface area contributed by atoms with Crippen LogP contribution in [0, 0.1) is 5.92 Å². The molecule has 3 N–H and O–H groups in total. The fourth-order valence-electron chi connectivity index (χ4n) is 2.45. The molecule has 1 aromatic carbocycles. The minimum atomic E-state index is -3.57. The molecular weight excluding hydrogens is 276 g/mol. The highest BCUT2D eigenvalue weighted by molar-refractivity contribution is 7.89. The van der Waals surface area contributed by atoms with E-state index in [-0.39, 0.29) is 5.16 Å². The molecule has 108 valence electrons. The maximum atomic E-state index is 12.2. The summed E-state index contributed by atoms with van der Waals surface area (Å²) < 4.78 is 27.1. The van der Waals surface area contributed by atoms with E-state index in [0.29, 0.717) is 18.0 Å². The molecule has 6 nitrogen and oxygen atoms in total. The quantitative estimate of drug-likeness (QED) is 0.780. The van der Waals surface area contributed by atoms with Crippen LogP contribution >= 0.6 is 0 Å². The van der Waals surface area contributed by atoms with E-state index in [2.05, 4.69) is 20.0 Å². The number of hydrogen-bond donors (Lipinski definition) is 3. The monoisotopic (exact) mass is 294 g/mol. The lowest BCUT2D eigenvalue weighted by molar-refractivity contribution is 0.375. The average molecular weight is 294 g/mol. The topological polar surface area (TPSA) is 86.9 Å². The lowest BCUT2D eigenvalue weighted by atomic mass is 10.0. The summed E-state index contributed by atoms with van der Waals surface area (Å²) in [6.45, 7) is 2.34. The molecule has 0 bridgehead atoms. The van der Waals surface area contributed by atoms with Crippen molar-refractivity contribution in [3.63, 3.8) is 0 Å². The summed E-state index contributed by atoms with van der Waals surface area (Å²) in [5, 5.41) is 3.26. The van der Waals surface area contributed by atoms with Gasteiger partial charge in [-0.2, -0.15) is 0 Å². The molecule has 2 aromatic rings. The Bertz CT molecular complexity index is 656. The lowest BCUT2D eigenvalue weighted by Crippen LogP contribution is -2.38. The first-order chi connectivity index (χ1) is 9.65. The van der Waals surface area contributed by atoms with E-state index in [1.165, 1.54) is 0 Å². The second-order valence-corrected chi connectivity index (χ2v) is 6.81. The van der Waals surface area contributed by atoms with Gasteiger partial charge < -0.3 is 10.3 Å². The minimum Gasteiger partial charge on any atom is -0.328 e. The highest BCUT2D eigenvalue weighted by Gasteiger charge is 2.21. The van der Waals surface area contributed by atoms with Gasteiger partial charge in [-0.15, -0.1) is 0 Å². The first kappa shape index (κ1) is 13.5. The number of rotatable bonds is 4. The summed E-state index contributed by atoms with van der Waals surface area (Å²) in [5.41, 5.74) is 1.39. The van der Waals surface area contributed by atoms with Crippen molar-refractivity contribution in [2.24, 2.45) is 5.92 Å². The third-order valence-electron chi connectivity index (χ3n) is 3.58. The number of piperidine rings is 1. The van der Waals surface area contributed by atoms with Gasteiger partial charge in [0.2, 0.25) is 5.16 Å². The number of nitrogens with zero attached hydrogens (tertiary/aromatic N) is 1. The molecule has 0 aliphatic carbocycles. The highest BCUT2D eigenvalue weighted by Crippen LogP contribution is 2.14. The third kappa shape index (κ3) is 2.84. The Hall–Kier alpha value is -1.44. The molecule has 7 heteroatoms. The van der Waals surface area contributed by atoms with Crippen molar-refractivity contribution in [1.29, 1.82) is 0 Å². The van der Waals surface area contributed by atoms with Crippen LogP contribution in [-0.2, 0) is 10.0 Å². The van der Waals surface area contributed by atoms with E-state index >= 15 is 0 Å². The fraction of sp³-hybridized carbons (Fsp3) is 0.462. The summed E-state index contributed by atoms with van der Waals surface area (Å²) in [4.78, 5) is 6.97. The van der Waals surface area contributed by atoms with Gasteiger partial charge in [-0.1, -0.05) is 12.1 Å². The van der Waals surface area contributed by atoms with Gasteiger partial charge in [0.1, 0.15) is 0 Å². The number of hydrogen-bond acceptors (Lipinski definition) is 4. The van der Waals surface area contributed by atoms with Crippen molar-refractivity contribution < 1.29 is 8.42 Å². The summed E-state index contributed by atoms with van der Waals surface area (Å²) in [5.74, 6) is 0.350. The third-order valence-corrected chi connectivity index (χ3v) is 4.83. The van der Waals surface area contributed by atoms with Crippen molar-refractivity contribution in [2.45, 2.75) is 18.0 Å². The van der Waals surface area contributed by atoms with Crippen molar-refractivity contribution >= 4 is 21.1 Å². The molecule has 1 aliphatic heterocycles. The normalized spacial score (nSPS) is 20.3. The van der Waals surface area contributed by atoms with Gasteiger partial charge >= 0.3 is 0 Å². The zero-order valence-electron chi connectivity index (χ0n) is 11.1. The Balaban J connectivity index is 1.73. The minimum absolute atomic E-state index is 0.0116. The molecule has 2 heterocycles. The van der Waals surface area contributed by atoms with Crippen molar-refractivity contribution in [3.05, 3.63) is 24.3 Å². The van der Waals surface area contributed by atoms with Crippen LogP contribution in [-0.4, -0.2) is 38.0 Å². The van der Waals surface area contributed by atoms with Crippen molar-refractivity contribution in [1.82, 2.24) is 20.0 Å². The SMILES string of the molecule is O=S(=O)(NC[C@@H]1CCCNC1)c1nc2ccccc2[nH]1. The second kappa shape index (κ2) is 5.51. The number of para-hydroxylation sites is 2. The second-order valence-electron chi connectivity index (χ2n) is 5.12. The predicted octanol–water partition coefficient (Wildman–Crippen LogP) is 0.841. The molecule has 3 rings (SSSR count). The zero-order chi connectivity index (χ0) is 14.0. The fourth-order valence-corrected chi connectivity index (χ4v) is 3.51. The molecule has 1 aromatic heterocycles. The molecule has 1 atom stereocenters. The average Bonchev–Trinajstić information content (AvgIpc) is 2.91. The van der Waals surface area contributed by atoms with E-state index in [1.807, 2.05) is 18.2 Å². The maximum absolute atomic E-state index is 12.2. The number of aromatic nitrogens is 2. The number of benzene rings is 1. The molecule has 0 radical (unpaired) electrons. The summed E-state index contributed by atoms with van der Waals surface area (Å²) in [6.07, 6.45) is 2.15. The van der Waals surface area contributed by atoms with Gasteiger partial charge in [-0.3, -0.25) is 0 Å². The number of imidazole rings is 1. The highest BCUT2D eigenvalue weighted by atomic mass is 32.2. The molecule has 0 spiro atoms. The van der Waals surface area contributed by atoms with Crippen molar-refractivity contribution in [3.8, 4) is 0 Å². The Morgan fingerprint density at radius 2 is 2.20 bits per heavy atom. The molecule has 0 unspecified atom stereocenters. The lowest BCUT2D eigenvalue weighted by Gasteiger charge is -2.22. The van der Waals surface area contributed by atoms with Crippen LogP contribution in [0.1, 0.15) is 12.8 Å². The number of H-pyrrole nitrogens is 1. The van der Waals surface area contributed by atoms with E-state index in [4.69, 9.17) is 0 Å². The van der Waals surface area contributed by atoms with Gasteiger partial charge in [0.05, 0.1) is 11.0 Å². The van der Waals surface area contributed by atoms with Gasteiger partial charge in [0.15, 0.2) is 0 Å². The molecule has 0 saturated carbocycles. The summed E-state index contributed by atoms with van der Waals surface area (Å²) >= 11 is 0. The van der Waals surface area contributed by atoms with Crippen LogP contribution in [0.4, 0.5) is 0 Å². The first-order valence-corrected chi connectivity index (χ1v) is 8.28. The van der Waals surface area contributed by atoms with Gasteiger partial charge in [-0.25, -0.2) is 18.1 Å². The van der Waals surface area contributed by atoms with Crippen molar-refractivity contribution in [2.75, 3.05) is 19.6 Å². The number of aromatic amines is 1. The van der Waals surface area contributed by atoms with E-state index in [9.17, 15) is 8.42 Å². The smallest absolute Gasteiger partial charge is 0.274 e. The maximum Gasteiger partial charge on any atom is 0.274 e. The molecule has 1 aliphatic rings. The van der Waals surface area contributed by atoms with Crippen LogP contribution in [0.5, 0.6) is 0 Å². The van der Waals surface area contributed by atoms with E-state index in [0.717, 1.165) is 31.4 Å². The Morgan fingerprint density at radius 1 is 1.35 bits per heavy atom. The molecule has 1 fully saturated rings. The standard InChI is InChI=1S/C13H18N4O2S/c18-20(19,15-9-10-4-3-7-14-8-10)13-16-11-5-1-2-6-12(11)17-13/h1-2,5-6,10,14-15H,3-4,7-9H2,(H,16,17)/t10-/m1/s1. The largest absolute Gasteiger partial charge is 0.328 e. The summed E-state index contributed by atoms with van der Waals surface area (Å²) in [7, 11) is -3.57. The van der Waals surface area contributed by atoms with Crippen LogP contribution < -0.4 is 10.0 Å². The first-order valence-electron chi connectivity index (χ1n) is 6.80. The molecular formula is C13H18N4O2S. The van der Waals surface area contributed by atoms with E-state index in [1.54, 1.807) is 6.07 Å². The predicted molar refractivity (Wildman–Crippen MR) is 76.9 cm³/mol. The Labute approximate surface area is 118 Å². The number of fused-ring (bicyclic) bond motifs is 1. The number of sulfonamides is 1. The summed E-state index contributed by atoms with van der Waals surface area (Å²) in [6, 6.07) is 7.28. The molecule has 1 saturated heterocycles. The van der Waals surface area contributed by atoms with Gasteiger partial charge in [0.25, 0.3) is 10.0 Å². The molecule has 0 amide bonds. The van der Waals surface area contributed by atoms with Crippen LogP contribution in [0.25, 0.3) is 11.0 Å². The van der Waals surface area contributed by atoms with Gasteiger partial charge in [0, 0.05) is 6.54 Å². The van der Waals surface area contributed by atoms with Crippen LogP contribution in [0.2, 0.25) is 0 Å². The Morgan fingerprint density at radius 3 is 2.95 bits per heavy atom. The zero-order valence-corrected chi connectivity index (χ0v) is 11.9. The Kier molecular flexibility index (Phi) is 3.73. The van der Waals surface area contributed by atoms with Crippen LogP contribution in [0.15, 0.2) is 29.4 Å². The molecule has 20 heavy (non-hydrogen) atoms. The number of nitrogens with one attached hydrogen (secondary N) is 3. The van der Waals surface area contributed by atoms with Crippen LogP contribution in [0.3, 0.4) is 0 Å². The van der Waals surface area contributed by atoms with E-state index < -0.39 is 10.0 Å².